The number of carbonyl (C=O) groups excluding carboxylic acids is 8. The number of benzene rings is 2. The standard InChI is InChI=1S/C69H95N5O19P2/c1-17-52(77)89-36-90-67(85)71-49(25-26-51(76)70-48-23-21-47(22-24-48)33-54(94-86)95-87)66(84)73(15)35-53(78)92-63(39(5)20-18-19-38(4)46(12)75)44(10)60(80)43(9)59(79)42(8)50(88-16)27-32-91-69(14)65(83)57-55-56(62(82)45(11)64(57)93-69)61(81)41(7)40(6)58(55)72-68(13)28-30-74(31-29-68)34-37(2)3/h18-24,27,32,37,39,42-44,49-50,54,59-60,63,79-80,82H,17,25-26,28-31,33-36H2,1-16H3,(H,70,76)(H,71,85)/b20-18+,32-27+,38-19-,72-58?/t39-,42+,43-,44-,49-,50-,59+,60-,63-,69-/m0/s1. The average Bonchev–Trinajstić information content (AvgIpc) is 1.63. The smallest absolute Gasteiger partial charge is 0.410 e. The van der Waals surface area contributed by atoms with Crippen LogP contribution in [0.5, 0.6) is 11.5 Å². The number of anilines is 1. The number of rotatable bonds is 33. The summed E-state index contributed by atoms with van der Waals surface area (Å²) in [6.07, 6.45) is 2.67. The van der Waals surface area contributed by atoms with Crippen LogP contribution in [0.4, 0.5) is 10.5 Å². The highest BCUT2D eigenvalue weighted by Gasteiger charge is 2.52. The highest BCUT2D eigenvalue weighted by molar-refractivity contribution is 7.44. The van der Waals surface area contributed by atoms with Crippen molar-refractivity contribution in [2.45, 2.75) is 183 Å². The Balaban J connectivity index is 1.33. The number of hydrogen-bond acceptors (Lipinski definition) is 21. The molecule has 24 nitrogen and oxygen atoms in total. The van der Waals surface area contributed by atoms with Gasteiger partial charge in [0.15, 0.2) is 28.5 Å². The van der Waals surface area contributed by atoms with Crippen molar-refractivity contribution >= 4 is 75.5 Å². The predicted molar refractivity (Wildman–Crippen MR) is 357 cm³/mol. The number of piperidine rings is 1. The zero-order valence-corrected chi connectivity index (χ0v) is 59.2. The van der Waals surface area contributed by atoms with Gasteiger partial charge in [0.2, 0.25) is 18.6 Å². The van der Waals surface area contributed by atoms with Gasteiger partial charge >= 0.3 is 23.8 Å². The van der Waals surface area contributed by atoms with Crippen molar-refractivity contribution in [1.29, 1.82) is 0 Å². The van der Waals surface area contributed by atoms with E-state index in [1.165, 1.54) is 47.3 Å². The van der Waals surface area contributed by atoms with Crippen LogP contribution in [0.2, 0.25) is 0 Å². The number of methoxy groups -OCH3 is 1. The quantitative estimate of drug-likeness (QED) is 0.0111. The summed E-state index contributed by atoms with van der Waals surface area (Å²) in [5.41, 5.74) is 2.80. The van der Waals surface area contributed by atoms with E-state index < -0.39 is 126 Å². The van der Waals surface area contributed by atoms with Crippen LogP contribution in [0, 0.1) is 36.5 Å². The minimum absolute atomic E-state index is 0.00440. The molecule has 10 atom stereocenters. The van der Waals surface area contributed by atoms with E-state index in [-0.39, 0.29) is 82.1 Å². The van der Waals surface area contributed by atoms with E-state index in [0.717, 1.165) is 37.4 Å². The summed E-state index contributed by atoms with van der Waals surface area (Å²) in [5, 5.41) is 40.3. The largest absolute Gasteiger partial charge is 0.507 e. The van der Waals surface area contributed by atoms with Gasteiger partial charge in [-0.3, -0.25) is 47.7 Å². The fourth-order valence-corrected chi connectivity index (χ4v) is 12.4. The number of aromatic hydroxyl groups is 1. The SMILES string of the molecule is CCC(=O)OCOC(=O)N[C@@H](CCC(=O)Nc1ccc(CC(P=O)P=O)cc1)C(=O)N(C)CC(=O)O[C@H]([C@@H](C)[C@@H](O)[C@@H](C)[C@H](O)[C@H](C)[C@H](/C=C/O[C@@]1(C)Oc2c(C)c(O)c3c(c2C1=O)C(=NC1(C)CCN(CC(C)C)CC1)C(C)=C(C)C3=O)OC)[C@@H](C)/C=C/C=C(/C)C(C)=O. The van der Waals surface area contributed by atoms with Crippen molar-refractivity contribution in [1.82, 2.24) is 15.1 Å². The molecule has 1 fully saturated rings. The van der Waals surface area contributed by atoms with Crippen molar-refractivity contribution < 1.29 is 91.2 Å². The Labute approximate surface area is 560 Å². The zero-order chi connectivity index (χ0) is 71.0. The second-order valence-corrected chi connectivity index (χ2v) is 27.9. The van der Waals surface area contributed by atoms with E-state index in [1.54, 1.807) is 97.9 Å². The number of fused-ring (bicyclic) bond motifs is 3. The first-order chi connectivity index (χ1) is 44.7. The molecule has 0 spiro atoms. The van der Waals surface area contributed by atoms with Gasteiger partial charge < -0.3 is 64.2 Å². The molecule has 2 aliphatic heterocycles. The number of esters is 2. The molecule has 1 aliphatic carbocycles. The Morgan fingerprint density at radius 1 is 0.853 bits per heavy atom. The Hall–Kier alpha value is -7.33. The molecule has 2 aromatic rings. The van der Waals surface area contributed by atoms with Gasteiger partial charge in [0.1, 0.15) is 35.6 Å². The number of aliphatic hydroxyl groups is 2. The Bertz CT molecular complexity index is 3330. The third-order valence-electron chi connectivity index (χ3n) is 18.0. The molecule has 0 bridgehead atoms. The van der Waals surface area contributed by atoms with Crippen molar-refractivity contribution in [3.63, 3.8) is 0 Å². The minimum Gasteiger partial charge on any atom is -0.507 e. The summed E-state index contributed by atoms with van der Waals surface area (Å²) in [5.74, 6) is -9.37. The van der Waals surface area contributed by atoms with E-state index in [2.05, 4.69) is 36.3 Å². The third kappa shape index (κ3) is 20.4. The normalized spacial score (nSPS) is 20.2. The lowest BCUT2D eigenvalue weighted by molar-refractivity contribution is -0.162. The van der Waals surface area contributed by atoms with Crippen molar-refractivity contribution in [2.75, 3.05) is 52.4 Å². The maximum atomic E-state index is 14.9. The number of carbonyl (C=O) groups is 8. The summed E-state index contributed by atoms with van der Waals surface area (Å²) in [6.45, 7) is 25.2. The number of ketones is 3. The van der Waals surface area contributed by atoms with E-state index in [0.29, 0.717) is 39.6 Å². The van der Waals surface area contributed by atoms with E-state index in [1.807, 2.05) is 0 Å². The molecule has 5 rings (SSSR count). The number of ether oxygens (including phenoxy) is 6. The number of phenolic OH excluding ortho intramolecular Hbond substituents is 1. The molecule has 0 saturated carbocycles. The number of alkyl carbamates (subject to hydrolysis) is 1. The van der Waals surface area contributed by atoms with E-state index in [9.17, 15) is 62.8 Å². The summed E-state index contributed by atoms with van der Waals surface area (Å²) >= 11 is 0. The fraction of sp³-hybridized carbons (Fsp3) is 0.580. The number of amides is 3. The number of phenols is 1. The molecule has 520 valence electrons. The van der Waals surface area contributed by atoms with Crippen LogP contribution in [0.15, 0.2) is 76.5 Å². The molecule has 26 heteroatoms. The highest BCUT2D eigenvalue weighted by atomic mass is 31.1. The van der Waals surface area contributed by atoms with Crippen molar-refractivity contribution in [2.24, 2.45) is 34.6 Å². The van der Waals surface area contributed by atoms with Gasteiger partial charge in [0.25, 0.3) is 5.78 Å². The number of likely N-dealkylation sites (N-methyl/N-ethyl adjacent to an activating group) is 1. The maximum Gasteiger partial charge on any atom is 0.410 e. The topological polar surface area (TPSA) is 330 Å². The van der Waals surface area contributed by atoms with E-state index >= 15 is 0 Å². The van der Waals surface area contributed by atoms with Crippen molar-refractivity contribution in [3.05, 3.63) is 99.4 Å². The van der Waals surface area contributed by atoms with E-state index in [4.69, 9.17) is 33.4 Å². The third-order valence-corrected chi connectivity index (χ3v) is 19.4. The first-order valence-electron chi connectivity index (χ1n) is 32.0. The second-order valence-electron chi connectivity index (χ2n) is 25.8. The molecule has 1 saturated heterocycles. The molecule has 95 heavy (non-hydrogen) atoms. The minimum atomic E-state index is -2.01. The first-order valence-corrected chi connectivity index (χ1v) is 33.8. The molecule has 2 aromatic carbocycles. The van der Waals surface area contributed by atoms with Crippen LogP contribution < -0.4 is 15.4 Å². The summed E-state index contributed by atoms with van der Waals surface area (Å²) in [6, 6.07) is 5.01. The van der Waals surface area contributed by atoms with Gasteiger partial charge in [-0.05, 0) is 108 Å². The zero-order valence-electron chi connectivity index (χ0n) is 57.4. The average molecular weight is 1360 g/mol. The second kappa shape index (κ2) is 35.1. The van der Waals surface area contributed by atoms with Crippen LogP contribution in [0.1, 0.15) is 160 Å². The number of aliphatic imine (C=N–C) groups is 1. The van der Waals surface area contributed by atoms with Crippen LogP contribution in [-0.2, 0) is 63.2 Å². The Kier molecular flexibility index (Phi) is 28.9. The molecule has 3 amide bonds. The molecule has 5 N–H and O–H groups in total. The number of likely N-dealkylation sites (tertiary alicyclic amines) is 1. The van der Waals surface area contributed by atoms with Crippen LogP contribution >= 0.6 is 16.9 Å². The summed E-state index contributed by atoms with van der Waals surface area (Å²) in [7, 11) is 2.09. The number of hydrogen-bond donors (Lipinski definition) is 5. The van der Waals surface area contributed by atoms with Gasteiger partial charge in [-0.25, -0.2) is 4.79 Å². The fourth-order valence-electron chi connectivity index (χ4n) is 11.7. The maximum absolute atomic E-state index is 14.9. The van der Waals surface area contributed by atoms with Gasteiger partial charge in [0, 0.05) is 99.6 Å². The molecule has 2 heterocycles. The molecule has 0 unspecified atom stereocenters. The Morgan fingerprint density at radius 2 is 1.48 bits per heavy atom. The monoisotopic (exact) mass is 1360 g/mol. The van der Waals surface area contributed by atoms with Gasteiger partial charge in [-0.15, -0.1) is 0 Å². The highest BCUT2D eigenvalue weighted by Crippen LogP contribution is 2.49. The summed E-state index contributed by atoms with van der Waals surface area (Å²) in [4.78, 5) is 116. The molecular weight excluding hydrogens is 1260 g/mol. The molecule has 0 aromatic heterocycles. The molecular formula is C69H95N5O19P2. The van der Waals surface area contributed by atoms with Crippen LogP contribution in [-0.4, -0.2) is 172 Å². The number of nitrogens with one attached hydrogen (secondary N) is 2. The molecule has 3 aliphatic rings. The van der Waals surface area contributed by atoms with Gasteiger partial charge in [-0.2, -0.15) is 0 Å². The lowest BCUT2D eigenvalue weighted by Crippen LogP contribution is -2.50. The Morgan fingerprint density at radius 3 is 2.07 bits per heavy atom. The predicted octanol–water partition coefficient (Wildman–Crippen LogP) is 9.97. The van der Waals surface area contributed by atoms with Crippen LogP contribution in [0.25, 0.3) is 0 Å². The number of Topliss-reactive ketones (excluding diaryl/α,β-unsaturated/α-hetero) is 3. The van der Waals surface area contributed by atoms with Gasteiger partial charge in [-0.1, -0.05) is 78.8 Å². The number of aliphatic hydroxyl groups excluding tert-OH is 2. The number of nitrogens with zero attached hydrogens (tertiary/aromatic N) is 3. The molecule has 0 radical (unpaired) electrons. The van der Waals surface area contributed by atoms with Gasteiger partial charge in [0.05, 0.1) is 47.0 Å². The first kappa shape index (κ1) is 78.4. The summed E-state index contributed by atoms with van der Waals surface area (Å²) < 4.78 is 56.8. The van der Waals surface area contributed by atoms with Crippen molar-refractivity contribution in [3.8, 4) is 11.5 Å². The van der Waals surface area contributed by atoms with Crippen LogP contribution in [0.3, 0.4) is 0 Å². The lowest BCUT2D eigenvalue weighted by Gasteiger charge is -2.38. The lowest BCUT2D eigenvalue weighted by atomic mass is 9.78. The number of allylic oxidation sites excluding steroid dienone is 5.